The molecule has 0 fully saturated rings. The molecule has 3 rings (SSSR count). The zero-order chi connectivity index (χ0) is 15.5. The molecule has 4 nitrogen and oxygen atoms in total. The Labute approximate surface area is 134 Å². The molecule has 0 aliphatic heterocycles. The van der Waals surface area contributed by atoms with Crippen LogP contribution in [-0.2, 0) is 11.2 Å². The van der Waals surface area contributed by atoms with Gasteiger partial charge in [-0.2, -0.15) is 4.73 Å². The Kier molecular flexibility index (Phi) is 4.34. The maximum absolute atomic E-state index is 12.4. The van der Waals surface area contributed by atoms with Crippen molar-refractivity contribution < 1.29 is 9.52 Å². The number of carbonyl (C=O) groups is 1. The summed E-state index contributed by atoms with van der Waals surface area (Å²) in [7, 11) is 1.85. The van der Waals surface area contributed by atoms with Crippen molar-refractivity contribution >= 4 is 17.7 Å². The predicted molar refractivity (Wildman–Crippen MR) is 86.4 cm³/mol. The van der Waals surface area contributed by atoms with Crippen molar-refractivity contribution in [2.24, 2.45) is 0 Å². The van der Waals surface area contributed by atoms with Crippen LogP contribution in [0.25, 0.3) is 0 Å². The van der Waals surface area contributed by atoms with E-state index in [0.717, 1.165) is 17.6 Å². The Bertz CT molecular complexity index is 690. The van der Waals surface area contributed by atoms with Crippen molar-refractivity contribution in [3.8, 4) is 0 Å². The number of thioether (sulfide) groups is 1. The van der Waals surface area contributed by atoms with E-state index in [1.54, 1.807) is 18.2 Å². The first-order valence-electron chi connectivity index (χ1n) is 7.31. The lowest BCUT2D eigenvalue weighted by molar-refractivity contribution is -0.645. The van der Waals surface area contributed by atoms with Crippen LogP contribution >= 0.6 is 11.8 Å². The molecule has 1 aliphatic carbocycles. The number of benzene rings is 1. The minimum atomic E-state index is 0.0514. The Hall–Kier alpha value is -2.01. The van der Waals surface area contributed by atoms with Gasteiger partial charge in [-0.05, 0) is 41.8 Å². The largest absolute Gasteiger partial charge is 0.618 e. The van der Waals surface area contributed by atoms with Crippen LogP contribution in [0, 0.1) is 5.21 Å². The van der Waals surface area contributed by atoms with Crippen molar-refractivity contribution in [2.75, 3.05) is 12.8 Å². The van der Waals surface area contributed by atoms with Crippen LogP contribution < -0.4 is 4.73 Å². The van der Waals surface area contributed by atoms with Crippen molar-refractivity contribution in [2.45, 2.75) is 23.9 Å². The average Bonchev–Trinajstić information content (AvgIpc) is 2.97. The van der Waals surface area contributed by atoms with E-state index in [1.165, 1.54) is 29.1 Å². The molecule has 1 aromatic carbocycles. The Balaban J connectivity index is 1.65. The van der Waals surface area contributed by atoms with Crippen molar-refractivity contribution in [3.05, 3.63) is 65.0 Å². The number of pyridine rings is 1. The zero-order valence-electron chi connectivity index (χ0n) is 12.4. The third-order valence-electron chi connectivity index (χ3n) is 4.09. The fraction of sp³-hybridized carbons (Fsp3) is 0.294. The van der Waals surface area contributed by atoms with E-state index in [4.69, 9.17) is 0 Å². The van der Waals surface area contributed by atoms with Gasteiger partial charge >= 0.3 is 0 Å². The molecule has 1 aliphatic rings. The van der Waals surface area contributed by atoms with Gasteiger partial charge in [-0.1, -0.05) is 24.3 Å². The molecule has 1 aromatic heterocycles. The van der Waals surface area contributed by atoms with Crippen molar-refractivity contribution in [3.63, 3.8) is 0 Å². The average molecular weight is 314 g/mol. The molecule has 22 heavy (non-hydrogen) atoms. The van der Waals surface area contributed by atoms with Gasteiger partial charge in [0.05, 0.1) is 11.8 Å². The van der Waals surface area contributed by atoms with Gasteiger partial charge in [0, 0.05) is 19.2 Å². The molecule has 0 unspecified atom stereocenters. The van der Waals surface area contributed by atoms with Crippen LogP contribution in [0.1, 0.15) is 23.6 Å². The van der Waals surface area contributed by atoms with Crippen LogP contribution in [0.2, 0.25) is 0 Å². The van der Waals surface area contributed by atoms with Gasteiger partial charge in [0.2, 0.25) is 5.91 Å². The fourth-order valence-electron chi connectivity index (χ4n) is 2.87. The normalized spacial score (nSPS) is 16.3. The number of aromatic nitrogens is 1. The number of aryl methyl sites for hydroxylation is 1. The first kappa shape index (κ1) is 14.9. The van der Waals surface area contributed by atoms with Crippen LogP contribution in [-0.4, -0.2) is 23.6 Å². The number of carbonyl (C=O) groups excluding carboxylic acids is 1. The summed E-state index contributed by atoms with van der Waals surface area (Å²) < 4.78 is 0.794. The van der Waals surface area contributed by atoms with E-state index in [-0.39, 0.29) is 17.7 Å². The summed E-state index contributed by atoms with van der Waals surface area (Å²) >= 11 is 1.28. The van der Waals surface area contributed by atoms with E-state index in [1.807, 2.05) is 24.1 Å². The lowest BCUT2D eigenvalue weighted by Crippen LogP contribution is -2.33. The van der Waals surface area contributed by atoms with Crippen LogP contribution in [0.3, 0.4) is 0 Å². The molecule has 0 N–H and O–H groups in total. The second kappa shape index (κ2) is 6.40. The minimum absolute atomic E-state index is 0.0514. The first-order valence-corrected chi connectivity index (χ1v) is 8.30. The maximum Gasteiger partial charge on any atom is 0.251 e. The summed E-state index contributed by atoms with van der Waals surface area (Å²) in [6.07, 6.45) is 3.44. The number of amides is 1. The highest BCUT2D eigenvalue weighted by molar-refractivity contribution is 7.99. The maximum atomic E-state index is 12.4. The quantitative estimate of drug-likeness (QED) is 0.495. The van der Waals surface area contributed by atoms with Crippen LogP contribution in [0.5, 0.6) is 0 Å². The molecular formula is C17H18N2O2S. The standard InChI is InChI=1S/C17H18N2O2S/c1-18(15-10-9-13-6-2-3-7-14(13)15)16(20)12-22-17-8-4-5-11-19(17)21/h2-8,11,15H,9-10,12H2,1H3/t15-/m0/s1. The number of fused-ring (bicyclic) bond motifs is 1. The van der Waals surface area contributed by atoms with Crippen LogP contribution in [0.4, 0.5) is 0 Å². The van der Waals surface area contributed by atoms with E-state index < -0.39 is 0 Å². The SMILES string of the molecule is CN(C(=O)CSc1cccc[n+]1[O-])[C@H]1CCc2ccccc21. The molecule has 1 amide bonds. The van der Waals surface area contributed by atoms with Gasteiger partial charge in [-0.3, -0.25) is 4.79 Å². The number of nitrogens with zero attached hydrogens (tertiary/aromatic N) is 2. The third kappa shape index (κ3) is 2.95. The first-order chi connectivity index (χ1) is 10.7. The molecule has 1 atom stereocenters. The lowest BCUT2D eigenvalue weighted by atomic mass is 10.1. The van der Waals surface area contributed by atoms with E-state index in [2.05, 4.69) is 12.1 Å². The third-order valence-corrected chi connectivity index (χ3v) is 5.10. The van der Waals surface area contributed by atoms with E-state index in [0.29, 0.717) is 5.03 Å². The topological polar surface area (TPSA) is 47.2 Å². The highest BCUT2D eigenvalue weighted by Crippen LogP contribution is 2.35. The summed E-state index contributed by atoms with van der Waals surface area (Å²) in [6, 6.07) is 13.7. The van der Waals surface area contributed by atoms with E-state index >= 15 is 0 Å². The zero-order valence-corrected chi connectivity index (χ0v) is 13.3. The van der Waals surface area contributed by atoms with Gasteiger partial charge in [0.1, 0.15) is 0 Å². The summed E-state index contributed by atoms with van der Waals surface area (Å²) in [5.41, 5.74) is 2.59. The lowest BCUT2D eigenvalue weighted by Gasteiger charge is -2.25. The molecule has 114 valence electrons. The van der Waals surface area contributed by atoms with E-state index in [9.17, 15) is 10.0 Å². The smallest absolute Gasteiger partial charge is 0.251 e. The number of hydrogen-bond acceptors (Lipinski definition) is 3. The summed E-state index contributed by atoms with van der Waals surface area (Å²) in [4.78, 5) is 14.2. The molecule has 0 bridgehead atoms. The second-order valence-corrected chi connectivity index (χ2v) is 6.41. The fourth-order valence-corrected chi connectivity index (χ4v) is 3.71. The molecule has 0 spiro atoms. The number of rotatable bonds is 4. The van der Waals surface area contributed by atoms with Gasteiger partial charge in [0.25, 0.3) is 5.03 Å². The van der Waals surface area contributed by atoms with Crippen molar-refractivity contribution in [1.29, 1.82) is 0 Å². The van der Waals surface area contributed by atoms with Crippen LogP contribution in [0.15, 0.2) is 53.7 Å². The molecule has 0 saturated heterocycles. The highest BCUT2D eigenvalue weighted by atomic mass is 32.2. The Morgan fingerprint density at radius 3 is 2.91 bits per heavy atom. The summed E-state index contributed by atoms with van der Waals surface area (Å²) in [5.74, 6) is 0.331. The Morgan fingerprint density at radius 1 is 1.32 bits per heavy atom. The summed E-state index contributed by atoms with van der Waals surface area (Å²) in [5, 5.41) is 12.1. The monoisotopic (exact) mass is 314 g/mol. The molecule has 1 heterocycles. The van der Waals surface area contributed by atoms with Crippen molar-refractivity contribution in [1.82, 2.24) is 4.90 Å². The van der Waals surface area contributed by atoms with Gasteiger partial charge in [0.15, 0.2) is 6.20 Å². The molecule has 0 radical (unpaired) electrons. The van der Waals surface area contributed by atoms with Gasteiger partial charge < -0.3 is 10.1 Å². The van der Waals surface area contributed by atoms with Gasteiger partial charge in [-0.15, -0.1) is 0 Å². The van der Waals surface area contributed by atoms with Gasteiger partial charge in [-0.25, -0.2) is 0 Å². The molecule has 5 heteroatoms. The molecular weight excluding hydrogens is 296 g/mol. The second-order valence-electron chi connectivity index (χ2n) is 5.41. The number of hydrogen-bond donors (Lipinski definition) is 0. The molecule has 0 saturated carbocycles. The highest BCUT2D eigenvalue weighted by Gasteiger charge is 2.28. The minimum Gasteiger partial charge on any atom is -0.618 e. The molecule has 2 aromatic rings. The predicted octanol–water partition coefficient (Wildman–Crippen LogP) is 2.56. The Morgan fingerprint density at radius 2 is 2.09 bits per heavy atom. The summed E-state index contributed by atoms with van der Waals surface area (Å²) in [6.45, 7) is 0.